The van der Waals surface area contributed by atoms with E-state index >= 15 is 0 Å². The first kappa shape index (κ1) is 13.4. The fourth-order valence-corrected chi connectivity index (χ4v) is 2.26. The molecule has 0 spiro atoms. The lowest BCUT2D eigenvalue weighted by Crippen LogP contribution is -2.39. The summed E-state index contributed by atoms with van der Waals surface area (Å²) in [4.78, 5) is 6.69. The number of hydrogen-bond acceptors (Lipinski definition) is 5. The molecule has 2 heterocycles. The lowest BCUT2D eigenvalue weighted by molar-refractivity contribution is 0.0516. The van der Waals surface area contributed by atoms with Crippen molar-refractivity contribution in [2.75, 3.05) is 31.1 Å². The van der Waals surface area contributed by atoms with Gasteiger partial charge in [-0.1, -0.05) is 6.92 Å². The molecule has 1 aromatic rings. The molecule has 0 amide bonds. The summed E-state index contributed by atoms with van der Waals surface area (Å²) in [6.45, 7) is 8.49. The summed E-state index contributed by atoms with van der Waals surface area (Å²) in [6.07, 6.45) is 4.32. The molecule has 1 unspecified atom stereocenters. The van der Waals surface area contributed by atoms with E-state index in [1.165, 1.54) is 0 Å². The van der Waals surface area contributed by atoms with Gasteiger partial charge in [0.05, 0.1) is 11.8 Å². The van der Waals surface area contributed by atoms with E-state index < -0.39 is 0 Å². The van der Waals surface area contributed by atoms with Crippen LogP contribution in [0.1, 0.15) is 32.4 Å². The van der Waals surface area contributed by atoms with Crippen LogP contribution in [0.3, 0.4) is 0 Å². The van der Waals surface area contributed by atoms with Crippen LogP contribution in [0, 0.1) is 0 Å². The average molecular weight is 253 g/mol. The second kappa shape index (κ2) is 6.75. The maximum atomic E-state index is 5.68. The fraction of sp³-hybridized carbons (Fsp3) is 0.769. The summed E-state index contributed by atoms with van der Waals surface area (Å²) < 4.78 is 11.2. The minimum atomic E-state index is 0.313. The van der Waals surface area contributed by atoms with Crippen molar-refractivity contribution >= 4 is 6.01 Å². The zero-order chi connectivity index (χ0) is 12.8. The molecular weight excluding hydrogens is 230 g/mol. The standard InChI is InChI=1S/C13H23N3O2/c1-3-14-8-11-10-18-13(15-11)16-7-5-6-12(9-16)17-4-2/h10,12,14H,3-9H2,1-2H3. The van der Waals surface area contributed by atoms with E-state index in [0.717, 1.165) is 57.3 Å². The van der Waals surface area contributed by atoms with Crippen molar-refractivity contribution in [2.24, 2.45) is 0 Å². The highest BCUT2D eigenvalue weighted by Gasteiger charge is 2.23. The van der Waals surface area contributed by atoms with Crippen molar-refractivity contribution in [3.05, 3.63) is 12.0 Å². The number of nitrogens with one attached hydrogen (secondary N) is 1. The number of rotatable bonds is 6. The Hall–Kier alpha value is -1.07. The predicted octanol–water partition coefficient (Wildman–Crippen LogP) is 1.79. The highest BCUT2D eigenvalue weighted by molar-refractivity contribution is 5.28. The van der Waals surface area contributed by atoms with Gasteiger partial charge in [0.2, 0.25) is 0 Å². The van der Waals surface area contributed by atoms with E-state index in [1.54, 1.807) is 6.26 Å². The van der Waals surface area contributed by atoms with Crippen LogP contribution in [0.5, 0.6) is 0 Å². The zero-order valence-electron chi connectivity index (χ0n) is 11.3. The molecule has 5 heteroatoms. The number of nitrogens with zero attached hydrogens (tertiary/aromatic N) is 2. The van der Waals surface area contributed by atoms with Crippen LogP contribution < -0.4 is 10.2 Å². The quantitative estimate of drug-likeness (QED) is 0.837. The van der Waals surface area contributed by atoms with Crippen molar-refractivity contribution in [3.8, 4) is 0 Å². The van der Waals surface area contributed by atoms with Gasteiger partial charge in [-0.25, -0.2) is 0 Å². The van der Waals surface area contributed by atoms with Gasteiger partial charge in [-0.05, 0) is 26.3 Å². The third-order valence-corrected chi connectivity index (χ3v) is 3.15. The lowest BCUT2D eigenvalue weighted by Gasteiger charge is -2.31. The van der Waals surface area contributed by atoms with Gasteiger partial charge < -0.3 is 19.4 Å². The van der Waals surface area contributed by atoms with Gasteiger partial charge in [-0.2, -0.15) is 4.98 Å². The number of hydrogen-bond donors (Lipinski definition) is 1. The van der Waals surface area contributed by atoms with Crippen LogP contribution in [0.2, 0.25) is 0 Å². The van der Waals surface area contributed by atoms with Crippen molar-refractivity contribution in [3.63, 3.8) is 0 Å². The minimum absolute atomic E-state index is 0.313. The summed E-state index contributed by atoms with van der Waals surface area (Å²) in [7, 11) is 0. The van der Waals surface area contributed by atoms with Crippen LogP contribution in [-0.2, 0) is 11.3 Å². The van der Waals surface area contributed by atoms with Crippen molar-refractivity contribution < 1.29 is 9.15 Å². The number of anilines is 1. The van der Waals surface area contributed by atoms with Crippen LogP contribution >= 0.6 is 0 Å². The van der Waals surface area contributed by atoms with E-state index in [0.29, 0.717) is 6.10 Å². The first-order chi connectivity index (χ1) is 8.83. The molecule has 102 valence electrons. The Balaban J connectivity index is 1.91. The summed E-state index contributed by atoms with van der Waals surface area (Å²) in [5.74, 6) is 0. The first-order valence-corrected chi connectivity index (χ1v) is 6.85. The topological polar surface area (TPSA) is 50.5 Å². The Morgan fingerprint density at radius 1 is 1.56 bits per heavy atom. The second-order valence-electron chi connectivity index (χ2n) is 4.57. The minimum Gasteiger partial charge on any atom is -0.432 e. The van der Waals surface area contributed by atoms with Crippen LogP contribution in [0.4, 0.5) is 6.01 Å². The van der Waals surface area contributed by atoms with Crippen molar-refractivity contribution in [1.29, 1.82) is 0 Å². The smallest absolute Gasteiger partial charge is 0.297 e. The van der Waals surface area contributed by atoms with Crippen LogP contribution in [0.25, 0.3) is 0 Å². The van der Waals surface area contributed by atoms with Gasteiger partial charge in [0.15, 0.2) is 0 Å². The largest absolute Gasteiger partial charge is 0.432 e. The summed E-state index contributed by atoms with van der Waals surface area (Å²) >= 11 is 0. The fourth-order valence-electron chi connectivity index (χ4n) is 2.26. The summed E-state index contributed by atoms with van der Waals surface area (Å²) in [6, 6.07) is 0.729. The van der Waals surface area contributed by atoms with Gasteiger partial charge in [0, 0.05) is 26.2 Å². The monoisotopic (exact) mass is 253 g/mol. The molecule has 2 rings (SSSR count). The molecule has 0 aliphatic carbocycles. The zero-order valence-corrected chi connectivity index (χ0v) is 11.3. The molecule has 1 N–H and O–H groups in total. The lowest BCUT2D eigenvalue weighted by atomic mass is 10.1. The summed E-state index contributed by atoms with van der Waals surface area (Å²) in [5.41, 5.74) is 0.963. The van der Waals surface area contributed by atoms with E-state index in [2.05, 4.69) is 22.1 Å². The van der Waals surface area contributed by atoms with Crippen LogP contribution in [0.15, 0.2) is 10.7 Å². The number of piperidine rings is 1. The van der Waals surface area contributed by atoms with Gasteiger partial charge in [-0.3, -0.25) is 0 Å². The third kappa shape index (κ3) is 3.46. The molecular formula is C13H23N3O2. The molecule has 1 fully saturated rings. The second-order valence-corrected chi connectivity index (χ2v) is 4.57. The van der Waals surface area contributed by atoms with E-state index in [-0.39, 0.29) is 0 Å². The molecule has 1 aromatic heterocycles. The normalized spacial score (nSPS) is 20.3. The molecule has 1 atom stereocenters. The Kier molecular flexibility index (Phi) is 5.01. The maximum Gasteiger partial charge on any atom is 0.297 e. The van der Waals surface area contributed by atoms with Gasteiger partial charge in [0.1, 0.15) is 6.26 Å². The summed E-state index contributed by atoms with van der Waals surface area (Å²) in [5, 5.41) is 3.24. The predicted molar refractivity (Wildman–Crippen MR) is 70.7 cm³/mol. The van der Waals surface area contributed by atoms with E-state index in [4.69, 9.17) is 9.15 Å². The molecule has 0 radical (unpaired) electrons. The molecule has 0 saturated carbocycles. The van der Waals surface area contributed by atoms with Gasteiger partial charge in [0.25, 0.3) is 6.01 Å². The van der Waals surface area contributed by atoms with Gasteiger partial charge >= 0.3 is 0 Å². The molecule has 1 saturated heterocycles. The van der Waals surface area contributed by atoms with Crippen molar-refractivity contribution in [2.45, 2.75) is 39.3 Å². The molecule has 1 aliphatic rings. The molecule has 0 bridgehead atoms. The molecule has 18 heavy (non-hydrogen) atoms. The number of ether oxygens (including phenoxy) is 1. The number of aromatic nitrogens is 1. The SMILES string of the molecule is CCNCc1coc(N2CCCC(OCC)C2)n1. The van der Waals surface area contributed by atoms with Crippen molar-refractivity contribution in [1.82, 2.24) is 10.3 Å². The van der Waals surface area contributed by atoms with E-state index in [1.807, 2.05) is 6.92 Å². The molecule has 1 aliphatic heterocycles. The van der Waals surface area contributed by atoms with Gasteiger partial charge in [-0.15, -0.1) is 0 Å². The first-order valence-electron chi connectivity index (χ1n) is 6.85. The Morgan fingerprint density at radius 2 is 2.44 bits per heavy atom. The Bertz CT molecular complexity index is 352. The molecule has 0 aromatic carbocycles. The highest BCUT2D eigenvalue weighted by Crippen LogP contribution is 2.20. The highest BCUT2D eigenvalue weighted by atomic mass is 16.5. The number of oxazole rings is 1. The molecule has 5 nitrogen and oxygen atoms in total. The Morgan fingerprint density at radius 3 is 3.22 bits per heavy atom. The average Bonchev–Trinajstić information content (AvgIpc) is 2.86. The van der Waals surface area contributed by atoms with E-state index in [9.17, 15) is 0 Å². The van der Waals surface area contributed by atoms with Crippen LogP contribution in [-0.4, -0.2) is 37.3 Å². The third-order valence-electron chi connectivity index (χ3n) is 3.15. The maximum absolute atomic E-state index is 5.68. The Labute approximate surface area is 109 Å².